The van der Waals surface area contributed by atoms with E-state index in [9.17, 15) is 9.18 Å². The first-order valence-electron chi connectivity index (χ1n) is 7.45. The molecule has 1 saturated carbocycles. The molecule has 0 radical (unpaired) electrons. The quantitative estimate of drug-likeness (QED) is 0.787. The molecule has 1 aliphatic carbocycles. The van der Waals surface area contributed by atoms with Crippen molar-refractivity contribution in [2.24, 2.45) is 4.99 Å². The van der Waals surface area contributed by atoms with E-state index in [-0.39, 0.29) is 24.7 Å². The monoisotopic (exact) mass is 300 g/mol. The summed E-state index contributed by atoms with van der Waals surface area (Å²) in [6, 6.07) is 2.84. The fourth-order valence-electron chi connectivity index (χ4n) is 2.80. The van der Waals surface area contributed by atoms with Crippen molar-refractivity contribution in [3.63, 3.8) is 0 Å². The number of nitrogens with zero attached hydrogens (tertiary/aromatic N) is 2. The highest BCUT2D eigenvalue weighted by molar-refractivity contribution is 5.99. The highest BCUT2D eigenvalue weighted by Gasteiger charge is 2.26. The van der Waals surface area contributed by atoms with Crippen molar-refractivity contribution in [2.45, 2.75) is 32.1 Å². The number of hydrogen-bond acceptors (Lipinski definition) is 3. The number of amides is 1. The fraction of sp³-hybridized carbons (Fsp3) is 0.412. The molecule has 0 spiro atoms. The molecule has 1 aromatic carbocycles. The second kappa shape index (κ2) is 6.18. The van der Waals surface area contributed by atoms with Gasteiger partial charge in [0.05, 0.1) is 12.2 Å². The molecule has 1 aliphatic heterocycles. The van der Waals surface area contributed by atoms with E-state index in [1.165, 1.54) is 17.4 Å². The van der Waals surface area contributed by atoms with E-state index in [1.807, 2.05) is 0 Å². The average molecular weight is 300 g/mol. The van der Waals surface area contributed by atoms with Crippen LogP contribution in [0, 0.1) is 18.2 Å². The molecule has 114 valence electrons. The first kappa shape index (κ1) is 14.6. The lowest BCUT2D eigenvalue weighted by Gasteiger charge is -2.28. The predicted octanol–water partition coefficient (Wildman–Crippen LogP) is 3.22. The first-order valence-corrected chi connectivity index (χ1v) is 7.45. The molecule has 4 nitrogen and oxygen atoms in total. The highest BCUT2D eigenvalue weighted by Crippen LogP contribution is 2.37. The fourth-order valence-corrected chi connectivity index (χ4v) is 2.80. The van der Waals surface area contributed by atoms with Crippen LogP contribution >= 0.6 is 0 Å². The van der Waals surface area contributed by atoms with E-state index in [1.54, 1.807) is 6.07 Å². The molecule has 1 heterocycles. The van der Waals surface area contributed by atoms with Crippen LogP contribution < -0.4 is 9.64 Å². The molecule has 1 fully saturated rings. The van der Waals surface area contributed by atoms with Gasteiger partial charge in [0.2, 0.25) is 0 Å². The first-order chi connectivity index (χ1) is 10.7. The van der Waals surface area contributed by atoms with Crippen molar-refractivity contribution in [1.82, 2.24) is 0 Å². The molecule has 0 atom stereocenters. The number of ether oxygens (including phenoxy) is 1. The Morgan fingerprint density at radius 1 is 1.32 bits per heavy atom. The third-order valence-electron chi connectivity index (χ3n) is 3.93. The summed E-state index contributed by atoms with van der Waals surface area (Å²) < 4.78 is 19.5. The molecular formula is C17H17FN2O2. The molecule has 1 amide bonds. The molecule has 0 N–H and O–H groups in total. The summed E-state index contributed by atoms with van der Waals surface area (Å²) in [6.45, 7) is 0.0127. The number of rotatable bonds is 2. The van der Waals surface area contributed by atoms with Crippen LogP contribution in [0.2, 0.25) is 0 Å². The van der Waals surface area contributed by atoms with E-state index >= 15 is 0 Å². The number of fused-ring (bicyclic) bond motifs is 1. The number of carbonyl (C=O) groups is 1. The van der Waals surface area contributed by atoms with Crippen molar-refractivity contribution < 1.29 is 13.9 Å². The average Bonchev–Trinajstić information content (AvgIpc) is 2.53. The number of terminal acetylenes is 1. The lowest BCUT2D eigenvalue weighted by molar-refractivity contribution is -0.121. The van der Waals surface area contributed by atoms with Crippen LogP contribution in [0.15, 0.2) is 17.1 Å². The van der Waals surface area contributed by atoms with Gasteiger partial charge in [-0.25, -0.2) is 4.39 Å². The Labute approximate surface area is 129 Å². The predicted molar refractivity (Wildman–Crippen MR) is 83.3 cm³/mol. The summed E-state index contributed by atoms with van der Waals surface area (Å²) in [6.07, 6.45) is 10.5. The van der Waals surface area contributed by atoms with Crippen LogP contribution in [0.3, 0.4) is 0 Å². The van der Waals surface area contributed by atoms with Gasteiger partial charge < -0.3 is 4.74 Å². The Bertz CT molecular complexity index is 668. The maximum Gasteiger partial charge on any atom is 0.265 e. The largest absolute Gasteiger partial charge is 0.481 e. The second-order valence-electron chi connectivity index (χ2n) is 5.48. The van der Waals surface area contributed by atoms with Gasteiger partial charge in [0.25, 0.3) is 5.91 Å². The van der Waals surface area contributed by atoms with Gasteiger partial charge in [-0.2, -0.15) is 0 Å². The van der Waals surface area contributed by atoms with Gasteiger partial charge in [0.1, 0.15) is 11.4 Å². The third-order valence-corrected chi connectivity index (χ3v) is 3.93. The zero-order valence-electron chi connectivity index (χ0n) is 12.3. The number of benzene rings is 1. The molecule has 5 heteroatoms. The summed E-state index contributed by atoms with van der Waals surface area (Å²) in [5.74, 6) is 2.11. The summed E-state index contributed by atoms with van der Waals surface area (Å²) in [5, 5.41) is 0. The van der Waals surface area contributed by atoms with E-state index in [2.05, 4.69) is 10.9 Å². The number of anilines is 1. The Morgan fingerprint density at radius 2 is 2.09 bits per heavy atom. The Balaban J connectivity index is 1.99. The van der Waals surface area contributed by atoms with Crippen LogP contribution in [0.1, 0.15) is 32.1 Å². The van der Waals surface area contributed by atoms with Gasteiger partial charge >= 0.3 is 0 Å². The molecule has 0 bridgehead atoms. The number of hydrogen-bond donors (Lipinski definition) is 0. The molecule has 22 heavy (non-hydrogen) atoms. The summed E-state index contributed by atoms with van der Waals surface area (Å²) in [4.78, 5) is 17.8. The van der Waals surface area contributed by atoms with Crippen molar-refractivity contribution in [2.75, 3.05) is 18.1 Å². The minimum atomic E-state index is -0.438. The second-order valence-corrected chi connectivity index (χ2v) is 5.48. The molecular weight excluding hydrogens is 283 g/mol. The Hall–Kier alpha value is -2.35. The number of carbonyl (C=O) groups excluding carboxylic acids is 1. The smallest absolute Gasteiger partial charge is 0.265 e. The van der Waals surface area contributed by atoms with E-state index in [0.29, 0.717) is 11.4 Å². The van der Waals surface area contributed by atoms with Crippen LogP contribution in [0.25, 0.3) is 0 Å². The van der Waals surface area contributed by atoms with E-state index in [4.69, 9.17) is 11.2 Å². The van der Waals surface area contributed by atoms with Gasteiger partial charge in [-0.1, -0.05) is 12.3 Å². The van der Waals surface area contributed by atoms with E-state index < -0.39 is 5.82 Å². The maximum absolute atomic E-state index is 14.2. The maximum atomic E-state index is 14.2. The molecule has 1 aromatic rings. The van der Waals surface area contributed by atoms with Crippen molar-refractivity contribution >= 4 is 23.0 Å². The minimum Gasteiger partial charge on any atom is -0.481 e. The van der Waals surface area contributed by atoms with Gasteiger partial charge in [0.15, 0.2) is 12.4 Å². The summed E-state index contributed by atoms with van der Waals surface area (Å²) in [7, 11) is 0. The van der Waals surface area contributed by atoms with Gasteiger partial charge in [-0.3, -0.25) is 14.7 Å². The van der Waals surface area contributed by atoms with Gasteiger partial charge in [0, 0.05) is 11.8 Å². The normalized spacial score (nSPS) is 17.5. The Morgan fingerprint density at radius 3 is 2.82 bits per heavy atom. The summed E-state index contributed by atoms with van der Waals surface area (Å²) in [5.41, 5.74) is 1.75. The highest BCUT2D eigenvalue weighted by atomic mass is 19.1. The van der Waals surface area contributed by atoms with Crippen LogP contribution in [0.5, 0.6) is 5.75 Å². The van der Waals surface area contributed by atoms with Crippen LogP contribution in [0.4, 0.5) is 15.8 Å². The molecule has 0 aromatic heterocycles. The summed E-state index contributed by atoms with van der Waals surface area (Å²) >= 11 is 0. The van der Waals surface area contributed by atoms with Crippen molar-refractivity contribution in [3.05, 3.63) is 17.9 Å². The van der Waals surface area contributed by atoms with Crippen molar-refractivity contribution in [3.8, 4) is 18.1 Å². The minimum absolute atomic E-state index is 0.123. The standard InChI is InChI=1S/C17H17FN2O2/c1-2-8-20-15-10-14(19-12-6-4-3-5-7-12)13(18)9-16(15)22-11-17(20)21/h1,9-10H,3-8,11H2. The van der Waals surface area contributed by atoms with Crippen LogP contribution in [-0.2, 0) is 4.79 Å². The Kier molecular flexibility index (Phi) is 4.10. The van der Waals surface area contributed by atoms with Crippen LogP contribution in [-0.4, -0.2) is 24.8 Å². The topological polar surface area (TPSA) is 41.9 Å². The van der Waals surface area contributed by atoms with Gasteiger partial charge in [-0.15, -0.1) is 6.42 Å². The molecule has 2 aliphatic rings. The SMILES string of the molecule is C#CCN1C(=O)COc2cc(F)c(N=C3CCCCC3)cc21. The van der Waals surface area contributed by atoms with Gasteiger partial charge in [-0.05, 0) is 31.7 Å². The lowest BCUT2D eigenvalue weighted by Crippen LogP contribution is -2.39. The van der Waals surface area contributed by atoms with Crippen molar-refractivity contribution in [1.29, 1.82) is 0 Å². The zero-order chi connectivity index (χ0) is 15.5. The zero-order valence-corrected chi connectivity index (χ0v) is 12.3. The molecule has 3 rings (SSSR count). The lowest BCUT2D eigenvalue weighted by atomic mass is 9.98. The number of aliphatic imine (C=N–C) groups is 1. The molecule has 0 saturated heterocycles. The number of halogens is 1. The molecule has 0 unspecified atom stereocenters. The third kappa shape index (κ3) is 2.82. The van der Waals surface area contributed by atoms with E-state index in [0.717, 1.165) is 31.4 Å².